The van der Waals surface area contributed by atoms with E-state index in [2.05, 4.69) is 5.32 Å². The van der Waals surface area contributed by atoms with E-state index >= 15 is 0 Å². The van der Waals surface area contributed by atoms with Gasteiger partial charge in [-0.1, -0.05) is 6.92 Å². The van der Waals surface area contributed by atoms with Crippen molar-refractivity contribution >= 4 is 11.8 Å². The Morgan fingerprint density at radius 3 is 2.63 bits per heavy atom. The van der Waals surface area contributed by atoms with Gasteiger partial charge >= 0.3 is 0 Å². The molecule has 0 aromatic carbocycles. The number of nitrogens with one attached hydrogen (secondary N) is 1. The van der Waals surface area contributed by atoms with Gasteiger partial charge in [-0.25, -0.2) is 0 Å². The highest BCUT2D eigenvalue weighted by Crippen LogP contribution is 2.12. The van der Waals surface area contributed by atoms with Gasteiger partial charge in [0.15, 0.2) is 0 Å². The molecule has 0 aliphatic carbocycles. The second kappa shape index (κ2) is 7.61. The summed E-state index contributed by atoms with van der Waals surface area (Å²) in [4.78, 5) is 25.4. The molecular formula is C14H22N2O3. The number of amides is 2. The van der Waals surface area contributed by atoms with E-state index in [0.29, 0.717) is 37.4 Å². The fraction of sp³-hybridized carbons (Fsp3) is 0.571. The van der Waals surface area contributed by atoms with Crippen LogP contribution in [0.15, 0.2) is 16.7 Å². The number of nitrogens with zero attached hydrogens (tertiary/aromatic N) is 1. The predicted octanol–water partition coefficient (Wildman–Crippen LogP) is 1.97. The van der Waals surface area contributed by atoms with Gasteiger partial charge in [-0.15, -0.1) is 0 Å². The standard InChI is InChI=1S/C14H22N2O3/c1-4-8-15-13(17)6-9-16(5-2)14(18)12-7-10-19-11(12)3/h7,10H,4-6,8-9H2,1-3H3,(H,15,17). The third-order valence-corrected chi connectivity index (χ3v) is 2.94. The minimum atomic E-state index is -0.0861. The summed E-state index contributed by atoms with van der Waals surface area (Å²) in [5, 5.41) is 2.80. The molecular weight excluding hydrogens is 244 g/mol. The molecule has 106 valence electrons. The van der Waals surface area contributed by atoms with Crippen LogP contribution in [0.5, 0.6) is 0 Å². The molecule has 0 radical (unpaired) electrons. The molecule has 0 saturated heterocycles. The summed E-state index contributed by atoms with van der Waals surface area (Å²) in [6.07, 6.45) is 2.75. The van der Waals surface area contributed by atoms with Crippen molar-refractivity contribution < 1.29 is 14.0 Å². The number of carbonyl (C=O) groups is 2. The van der Waals surface area contributed by atoms with Crippen LogP contribution in [-0.4, -0.2) is 36.3 Å². The summed E-state index contributed by atoms with van der Waals surface area (Å²) in [6, 6.07) is 1.66. The summed E-state index contributed by atoms with van der Waals surface area (Å²) in [7, 11) is 0. The molecule has 0 unspecified atom stereocenters. The summed E-state index contributed by atoms with van der Waals surface area (Å²) >= 11 is 0. The lowest BCUT2D eigenvalue weighted by Crippen LogP contribution is -2.35. The molecule has 0 spiro atoms. The molecule has 1 aromatic heterocycles. The minimum Gasteiger partial charge on any atom is -0.469 e. The van der Waals surface area contributed by atoms with Gasteiger partial charge in [0.25, 0.3) is 5.91 Å². The normalized spacial score (nSPS) is 10.3. The number of aryl methyl sites for hydroxylation is 1. The predicted molar refractivity (Wildman–Crippen MR) is 72.9 cm³/mol. The number of rotatable bonds is 7. The molecule has 2 amide bonds. The summed E-state index contributed by atoms with van der Waals surface area (Å²) in [5.41, 5.74) is 0.566. The van der Waals surface area contributed by atoms with Crippen LogP contribution in [-0.2, 0) is 4.79 Å². The molecule has 0 aliphatic rings. The fourth-order valence-corrected chi connectivity index (χ4v) is 1.77. The van der Waals surface area contributed by atoms with Gasteiger partial charge in [-0.3, -0.25) is 9.59 Å². The molecule has 5 nitrogen and oxygen atoms in total. The average molecular weight is 266 g/mol. The van der Waals surface area contributed by atoms with Crippen molar-refractivity contribution in [3.63, 3.8) is 0 Å². The zero-order valence-electron chi connectivity index (χ0n) is 11.9. The second-order valence-electron chi connectivity index (χ2n) is 4.38. The van der Waals surface area contributed by atoms with E-state index in [4.69, 9.17) is 4.42 Å². The smallest absolute Gasteiger partial charge is 0.257 e. The van der Waals surface area contributed by atoms with Crippen molar-refractivity contribution in [2.45, 2.75) is 33.6 Å². The molecule has 0 atom stereocenters. The summed E-state index contributed by atoms with van der Waals surface area (Å²) in [6.45, 7) is 7.34. The van der Waals surface area contributed by atoms with Crippen molar-refractivity contribution in [2.75, 3.05) is 19.6 Å². The molecule has 0 fully saturated rings. The van der Waals surface area contributed by atoms with E-state index < -0.39 is 0 Å². The number of furan rings is 1. The van der Waals surface area contributed by atoms with Gasteiger partial charge in [-0.2, -0.15) is 0 Å². The van der Waals surface area contributed by atoms with Crippen LogP contribution in [0.4, 0.5) is 0 Å². The number of hydrogen-bond acceptors (Lipinski definition) is 3. The van der Waals surface area contributed by atoms with Crippen LogP contribution in [0.25, 0.3) is 0 Å². The summed E-state index contributed by atoms with van der Waals surface area (Å²) < 4.78 is 5.13. The summed E-state index contributed by atoms with van der Waals surface area (Å²) in [5.74, 6) is 0.507. The monoisotopic (exact) mass is 266 g/mol. The first-order valence-corrected chi connectivity index (χ1v) is 6.70. The first-order valence-electron chi connectivity index (χ1n) is 6.70. The third-order valence-electron chi connectivity index (χ3n) is 2.94. The largest absolute Gasteiger partial charge is 0.469 e. The van der Waals surface area contributed by atoms with E-state index in [1.165, 1.54) is 6.26 Å². The molecule has 1 rings (SSSR count). The Morgan fingerprint density at radius 2 is 2.11 bits per heavy atom. The van der Waals surface area contributed by atoms with E-state index in [9.17, 15) is 9.59 Å². The van der Waals surface area contributed by atoms with Crippen LogP contribution in [0.1, 0.15) is 42.8 Å². The first kappa shape index (κ1) is 15.3. The highest BCUT2D eigenvalue weighted by atomic mass is 16.3. The van der Waals surface area contributed by atoms with Crippen molar-refractivity contribution in [1.82, 2.24) is 10.2 Å². The fourth-order valence-electron chi connectivity index (χ4n) is 1.77. The van der Waals surface area contributed by atoms with Gasteiger partial charge < -0.3 is 14.6 Å². The van der Waals surface area contributed by atoms with Crippen molar-refractivity contribution in [3.05, 3.63) is 23.7 Å². The van der Waals surface area contributed by atoms with Crippen LogP contribution in [0, 0.1) is 6.92 Å². The zero-order chi connectivity index (χ0) is 14.3. The van der Waals surface area contributed by atoms with Crippen LogP contribution in [0.3, 0.4) is 0 Å². The minimum absolute atomic E-state index is 0.0167. The topological polar surface area (TPSA) is 62.6 Å². The number of carbonyl (C=O) groups excluding carboxylic acids is 2. The molecule has 0 bridgehead atoms. The number of hydrogen-bond donors (Lipinski definition) is 1. The van der Waals surface area contributed by atoms with Gasteiger partial charge in [-0.05, 0) is 26.3 Å². The van der Waals surface area contributed by atoms with E-state index in [1.54, 1.807) is 17.9 Å². The van der Waals surface area contributed by atoms with Gasteiger partial charge in [0.1, 0.15) is 5.76 Å². The van der Waals surface area contributed by atoms with Crippen LogP contribution < -0.4 is 5.32 Å². The maximum Gasteiger partial charge on any atom is 0.257 e. The van der Waals surface area contributed by atoms with Gasteiger partial charge in [0, 0.05) is 26.1 Å². The molecule has 1 aromatic rings. The Hall–Kier alpha value is -1.78. The van der Waals surface area contributed by atoms with Crippen molar-refractivity contribution in [2.24, 2.45) is 0 Å². The molecule has 0 aliphatic heterocycles. The lowest BCUT2D eigenvalue weighted by Gasteiger charge is -2.20. The highest BCUT2D eigenvalue weighted by molar-refractivity contribution is 5.95. The van der Waals surface area contributed by atoms with E-state index in [0.717, 1.165) is 6.42 Å². The maximum atomic E-state index is 12.2. The molecule has 19 heavy (non-hydrogen) atoms. The average Bonchev–Trinajstić information content (AvgIpc) is 2.83. The highest BCUT2D eigenvalue weighted by Gasteiger charge is 2.18. The maximum absolute atomic E-state index is 12.2. The van der Waals surface area contributed by atoms with Crippen LogP contribution >= 0.6 is 0 Å². The zero-order valence-corrected chi connectivity index (χ0v) is 11.9. The second-order valence-corrected chi connectivity index (χ2v) is 4.38. The quantitative estimate of drug-likeness (QED) is 0.820. The molecule has 5 heteroatoms. The Labute approximate surface area is 114 Å². The Kier molecular flexibility index (Phi) is 6.12. The molecule has 0 saturated carbocycles. The lowest BCUT2D eigenvalue weighted by molar-refractivity contribution is -0.121. The Bertz CT molecular complexity index is 426. The molecule has 1 N–H and O–H groups in total. The van der Waals surface area contributed by atoms with Crippen LogP contribution in [0.2, 0.25) is 0 Å². The lowest BCUT2D eigenvalue weighted by atomic mass is 10.2. The van der Waals surface area contributed by atoms with Gasteiger partial charge in [0.2, 0.25) is 5.91 Å². The van der Waals surface area contributed by atoms with Crippen molar-refractivity contribution in [3.8, 4) is 0 Å². The first-order chi connectivity index (χ1) is 9.10. The third kappa shape index (κ3) is 4.43. The van der Waals surface area contributed by atoms with E-state index in [-0.39, 0.29) is 11.8 Å². The Morgan fingerprint density at radius 1 is 1.37 bits per heavy atom. The van der Waals surface area contributed by atoms with Crippen molar-refractivity contribution in [1.29, 1.82) is 0 Å². The van der Waals surface area contributed by atoms with Gasteiger partial charge in [0.05, 0.1) is 11.8 Å². The SMILES string of the molecule is CCCNC(=O)CCN(CC)C(=O)c1ccoc1C. The Balaban J connectivity index is 2.52. The molecule has 1 heterocycles. The van der Waals surface area contributed by atoms with E-state index in [1.807, 2.05) is 13.8 Å².